The molecule has 0 spiro atoms. The molecule has 0 unspecified atom stereocenters. The molecule has 2 heterocycles. The molecule has 4 aromatic rings. The Balaban J connectivity index is 0.000000258. The first-order valence-corrected chi connectivity index (χ1v) is 10.1. The van der Waals surface area contributed by atoms with E-state index in [4.69, 9.17) is 4.42 Å². The van der Waals surface area contributed by atoms with E-state index >= 15 is 0 Å². The van der Waals surface area contributed by atoms with Crippen molar-refractivity contribution in [3.05, 3.63) is 73.8 Å². The molecule has 4 rings (SSSR count). The Hall–Kier alpha value is -3.61. The first kappa shape index (κ1) is 24.4. The van der Waals surface area contributed by atoms with Crippen molar-refractivity contribution in [3.63, 3.8) is 0 Å². The molecule has 0 amide bonds. The average Bonchev–Trinajstić information content (AvgIpc) is 3.57. The summed E-state index contributed by atoms with van der Waals surface area (Å²) in [7, 11) is 3.79. The average molecular weight is 409 g/mol. The second-order valence-corrected chi connectivity index (χ2v) is 5.33. The fourth-order valence-electron chi connectivity index (χ4n) is 2.28. The molecule has 0 aliphatic heterocycles. The zero-order valence-electron chi connectivity index (χ0n) is 18.6. The van der Waals surface area contributed by atoms with Gasteiger partial charge >= 0.3 is 0 Å². The largest absolute Gasteiger partial charge is 0.444 e. The van der Waals surface area contributed by atoms with Gasteiger partial charge in [-0.3, -0.25) is 0 Å². The van der Waals surface area contributed by atoms with Crippen molar-refractivity contribution in [1.29, 1.82) is 0 Å². The minimum atomic E-state index is 0.794. The zero-order valence-corrected chi connectivity index (χ0v) is 18.6. The second-order valence-electron chi connectivity index (χ2n) is 5.33. The summed E-state index contributed by atoms with van der Waals surface area (Å²) in [5, 5.41) is 10.1. The minimum Gasteiger partial charge on any atom is -0.444 e. The van der Waals surface area contributed by atoms with Crippen molar-refractivity contribution in [3.8, 4) is 17.0 Å². The molecule has 0 aliphatic carbocycles. The predicted octanol–water partition coefficient (Wildman–Crippen LogP) is 5.74. The van der Waals surface area contributed by atoms with E-state index in [1.54, 1.807) is 17.2 Å². The summed E-state index contributed by atoms with van der Waals surface area (Å²) in [6.45, 7) is 8.00. The van der Waals surface area contributed by atoms with Crippen molar-refractivity contribution < 1.29 is 4.42 Å². The molecule has 30 heavy (non-hydrogen) atoms. The summed E-state index contributed by atoms with van der Waals surface area (Å²) in [6, 6.07) is 15.9. The Morgan fingerprint density at radius 3 is 1.77 bits per heavy atom. The van der Waals surface area contributed by atoms with Gasteiger partial charge in [0.05, 0.1) is 11.9 Å². The smallest absolute Gasteiger partial charge is 0.181 e. The lowest BCUT2D eigenvalue weighted by Gasteiger charge is -2.02. The molecule has 0 bridgehead atoms. The summed E-state index contributed by atoms with van der Waals surface area (Å²) in [6.07, 6.45) is 6.33. The van der Waals surface area contributed by atoms with Crippen LogP contribution in [0.4, 0.5) is 11.4 Å². The Labute approximate surface area is 179 Å². The highest BCUT2D eigenvalue weighted by Crippen LogP contribution is 2.20. The van der Waals surface area contributed by atoms with Gasteiger partial charge in [0.25, 0.3) is 0 Å². The maximum Gasteiger partial charge on any atom is 0.181 e. The Morgan fingerprint density at radius 1 is 0.767 bits per heavy atom. The first-order valence-electron chi connectivity index (χ1n) is 10.1. The van der Waals surface area contributed by atoms with Crippen LogP contribution in [0.1, 0.15) is 27.7 Å². The third-order valence-electron chi connectivity index (χ3n) is 3.73. The van der Waals surface area contributed by atoms with E-state index < -0.39 is 0 Å². The fourth-order valence-corrected chi connectivity index (χ4v) is 2.28. The number of nitrogens with zero attached hydrogens (tertiary/aromatic N) is 4. The van der Waals surface area contributed by atoms with Gasteiger partial charge < -0.3 is 15.1 Å². The van der Waals surface area contributed by atoms with Crippen molar-refractivity contribution in [2.45, 2.75) is 27.7 Å². The van der Waals surface area contributed by atoms with Gasteiger partial charge in [-0.15, -0.1) is 0 Å². The Kier molecular flexibility index (Phi) is 11.7. The molecule has 2 aromatic heterocycles. The maximum absolute atomic E-state index is 5.16. The van der Waals surface area contributed by atoms with Gasteiger partial charge in [0, 0.05) is 31.0 Å². The summed E-state index contributed by atoms with van der Waals surface area (Å²) < 4.78 is 6.88. The normalized spacial score (nSPS) is 9.00. The molecule has 0 aliphatic rings. The van der Waals surface area contributed by atoms with Crippen LogP contribution >= 0.6 is 0 Å². The summed E-state index contributed by atoms with van der Waals surface area (Å²) in [4.78, 5) is 7.74. The number of hydrogen-bond donors (Lipinski definition) is 2. The van der Waals surface area contributed by atoms with Gasteiger partial charge in [0.2, 0.25) is 0 Å². The van der Waals surface area contributed by atoms with E-state index in [-0.39, 0.29) is 0 Å². The lowest BCUT2D eigenvalue weighted by atomic mass is 10.2. The van der Waals surface area contributed by atoms with E-state index in [1.807, 2.05) is 90.3 Å². The van der Waals surface area contributed by atoms with Gasteiger partial charge in [-0.2, -0.15) is 5.10 Å². The number of aromatic nitrogens is 4. The van der Waals surface area contributed by atoms with Crippen LogP contribution in [-0.4, -0.2) is 33.8 Å². The minimum absolute atomic E-state index is 0.794. The molecule has 0 atom stereocenters. The van der Waals surface area contributed by atoms with E-state index in [9.17, 15) is 0 Å². The quantitative estimate of drug-likeness (QED) is 0.448. The van der Waals surface area contributed by atoms with Crippen LogP contribution in [0.15, 0.2) is 78.2 Å². The third-order valence-corrected chi connectivity index (χ3v) is 3.73. The highest BCUT2D eigenvalue weighted by atomic mass is 16.3. The van der Waals surface area contributed by atoms with Crippen LogP contribution in [0.2, 0.25) is 0 Å². The SMILES string of the molecule is CC.CC.CNc1ccc(-c2cnco2)cc1.CNc1ccc(-n2cncn2)cc1. The molecular weight excluding hydrogens is 376 g/mol. The second kappa shape index (κ2) is 14.4. The van der Waals surface area contributed by atoms with Crippen LogP contribution in [0.5, 0.6) is 0 Å². The van der Waals surface area contributed by atoms with Crippen molar-refractivity contribution >= 4 is 11.4 Å². The first-order chi connectivity index (χ1) is 14.8. The van der Waals surface area contributed by atoms with E-state index in [0.717, 1.165) is 28.4 Å². The third kappa shape index (κ3) is 7.43. The van der Waals surface area contributed by atoms with Crippen LogP contribution < -0.4 is 10.6 Å². The van der Waals surface area contributed by atoms with Crippen molar-refractivity contribution in [2.75, 3.05) is 24.7 Å². The Morgan fingerprint density at radius 2 is 1.33 bits per heavy atom. The lowest BCUT2D eigenvalue weighted by molar-refractivity contribution is 0.572. The van der Waals surface area contributed by atoms with Crippen LogP contribution in [-0.2, 0) is 0 Å². The van der Waals surface area contributed by atoms with Crippen LogP contribution in [0.3, 0.4) is 0 Å². The molecular formula is C23H32N6O. The lowest BCUT2D eigenvalue weighted by Crippen LogP contribution is -1.94. The molecule has 7 nitrogen and oxygen atoms in total. The molecule has 7 heteroatoms. The van der Waals surface area contributed by atoms with Crippen molar-refractivity contribution in [2.24, 2.45) is 0 Å². The number of rotatable bonds is 4. The van der Waals surface area contributed by atoms with Crippen molar-refractivity contribution in [1.82, 2.24) is 19.7 Å². The van der Waals surface area contributed by atoms with E-state index in [1.165, 1.54) is 12.7 Å². The molecule has 0 fully saturated rings. The molecule has 2 aromatic carbocycles. The molecule has 160 valence electrons. The maximum atomic E-state index is 5.16. The predicted molar refractivity (Wildman–Crippen MR) is 125 cm³/mol. The number of oxazole rings is 1. The van der Waals surface area contributed by atoms with E-state index in [0.29, 0.717) is 0 Å². The summed E-state index contributed by atoms with van der Waals surface area (Å²) in [5.74, 6) is 0.794. The molecule has 0 saturated carbocycles. The topological polar surface area (TPSA) is 80.8 Å². The van der Waals surface area contributed by atoms with Gasteiger partial charge in [-0.05, 0) is 48.5 Å². The summed E-state index contributed by atoms with van der Waals surface area (Å²) >= 11 is 0. The number of nitrogens with one attached hydrogen (secondary N) is 2. The Bertz CT molecular complexity index is 808. The van der Waals surface area contributed by atoms with Gasteiger partial charge in [0.1, 0.15) is 12.7 Å². The molecule has 0 saturated heterocycles. The van der Waals surface area contributed by atoms with E-state index in [2.05, 4.69) is 25.7 Å². The highest BCUT2D eigenvalue weighted by Gasteiger charge is 1.99. The molecule has 0 radical (unpaired) electrons. The standard InChI is InChI=1S/C10H10N2O.C9H10N4.2C2H6/c1-11-9-4-2-8(3-5-9)10-6-12-7-13-10;1-10-8-2-4-9(5-3-8)13-7-11-6-12-13;2*1-2/h2-7,11H,1H3;2-7,10H,1H3;2*1-2H3. The van der Waals surface area contributed by atoms with Gasteiger partial charge in [-0.1, -0.05) is 27.7 Å². The number of hydrogen-bond acceptors (Lipinski definition) is 6. The zero-order chi connectivity index (χ0) is 22.2. The van der Waals surface area contributed by atoms with Crippen LogP contribution in [0.25, 0.3) is 17.0 Å². The molecule has 2 N–H and O–H groups in total. The van der Waals surface area contributed by atoms with Gasteiger partial charge in [0.15, 0.2) is 12.2 Å². The van der Waals surface area contributed by atoms with Crippen LogP contribution in [0, 0.1) is 0 Å². The number of anilines is 2. The fraction of sp³-hybridized carbons (Fsp3) is 0.261. The summed E-state index contributed by atoms with van der Waals surface area (Å²) in [5.41, 5.74) is 4.22. The number of benzene rings is 2. The highest BCUT2D eigenvalue weighted by molar-refractivity contribution is 5.60. The monoisotopic (exact) mass is 408 g/mol. The van der Waals surface area contributed by atoms with Gasteiger partial charge in [-0.25, -0.2) is 14.6 Å².